The highest BCUT2D eigenvalue weighted by molar-refractivity contribution is 5.73. The third-order valence-electron chi connectivity index (χ3n) is 13.4. The van der Waals surface area contributed by atoms with Gasteiger partial charge in [-0.3, -0.25) is 4.79 Å². The van der Waals surface area contributed by atoms with Gasteiger partial charge in [0.2, 0.25) is 0 Å². The number of hydrogen-bond donors (Lipinski definition) is 1. The first-order valence-corrected chi connectivity index (χ1v) is 16.8. The van der Waals surface area contributed by atoms with Crippen LogP contribution in [0.5, 0.6) is 0 Å². The number of nitrogens with one attached hydrogen (secondary N) is 1. The molecule has 0 amide bonds. The van der Waals surface area contributed by atoms with Crippen molar-refractivity contribution in [1.29, 1.82) is 0 Å². The molecule has 2 heterocycles. The zero-order chi connectivity index (χ0) is 27.6. The van der Waals surface area contributed by atoms with Gasteiger partial charge in [0.25, 0.3) is 0 Å². The van der Waals surface area contributed by atoms with Crippen molar-refractivity contribution in [1.82, 2.24) is 5.32 Å². The van der Waals surface area contributed by atoms with Crippen LogP contribution in [0.1, 0.15) is 138 Å². The van der Waals surface area contributed by atoms with Crippen molar-refractivity contribution in [2.45, 2.75) is 156 Å². The molecule has 218 valence electrons. The summed E-state index contributed by atoms with van der Waals surface area (Å²) >= 11 is 0. The maximum absolute atomic E-state index is 13.4. The molecule has 4 fully saturated rings. The largest absolute Gasteiger partial charge is 0.462 e. The lowest BCUT2D eigenvalue weighted by Gasteiger charge is -2.60. The number of rotatable bonds is 6. The minimum Gasteiger partial charge on any atom is -0.462 e. The Kier molecular flexibility index (Phi) is 7.42. The average Bonchev–Trinajstić information content (AvgIpc) is 3.40. The zero-order valence-electron chi connectivity index (χ0n) is 26.0. The molecule has 6 rings (SSSR count). The van der Waals surface area contributed by atoms with Gasteiger partial charge in [-0.2, -0.15) is 0 Å². The lowest BCUT2D eigenvalue weighted by Crippen LogP contribution is -2.55. The van der Waals surface area contributed by atoms with Crippen LogP contribution in [0.4, 0.5) is 0 Å². The maximum Gasteiger partial charge on any atom is 0.309 e. The van der Waals surface area contributed by atoms with Gasteiger partial charge in [0.15, 0.2) is 0 Å². The van der Waals surface area contributed by atoms with Crippen LogP contribution in [0, 0.1) is 39.9 Å². The van der Waals surface area contributed by atoms with Gasteiger partial charge >= 0.3 is 5.97 Å². The van der Waals surface area contributed by atoms with Gasteiger partial charge in [0.1, 0.15) is 6.10 Å². The molecule has 2 bridgehead atoms. The number of piperidine rings is 1. The summed E-state index contributed by atoms with van der Waals surface area (Å²) in [5.41, 5.74) is 6.07. The summed E-state index contributed by atoms with van der Waals surface area (Å²) in [6.45, 7) is 14.6. The molecule has 0 spiro atoms. The fraction of sp³-hybridized carbons (Fsp3) is 0.861. The van der Waals surface area contributed by atoms with E-state index in [0.29, 0.717) is 23.4 Å². The Balaban J connectivity index is 1.15. The SMILES string of the molecule is CC(C)=CCCCC1CCC2C3=C(CCC12C)C1(C)CCC(OC(=O)C2CC4CCC(C2)N4)C(C)(C)C1CC3. The second-order valence-corrected chi connectivity index (χ2v) is 16.1. The fourth-order valence-electron chi connectivity index (χ4n) is 11.3. The molecule has 39 heavy (non-hydrogen) atoms. The number of unbranched alkanes of at least 4 members (excludes halogenated alkanes) is 1. The summed E-state index contributed by atoms with van der Waals surface area (Å²) in [5.74, 6) is 2.57. The Morgan fingerprint density at radius 1 is 0.949 bits per heavy atom. The number of carbonyl (C=O) groups excluding carboxylic acids is 1. The van der Waals surface area contributed by atoms with Gasteiger partial charge in [0, 0.05) is 17.5 Å². The van der Waals surface area contributed by atoms with E-state index >= 15 is 0 Å². The molecule has 0 radical (unpaired) electrons. The van der Waals surface area contributed by atoms with Crippen LogP contribution in [0.3, 0.4) is 0 Å². The number of ether oxygens (including phenoxy) is 1. The Labute approximate surface area is 239 Å². The second kappa shape index (κ2) is 10.3. The van der Waals surface area contributed by atoms with Crippen LogP contribution >= 0.6 is 0 Å². The highest BCUT2D eigenvalue weighted by Gasteiger charge is 2.59. The number of hydrogen-bond acceptors (Lipinski definition) is 3. The molecule has 0 aromatic rings. The van der Waals surface area contributed by atoms with Crippen LogP contribution in [-0.4, -0.2) is 24.2 Å². The molecule has 4 aliphatic carbocycles. The lowest BCUT2D eigenvalue weighted by molar-refractivity contribution is -0.175. The molecule has 3 heteroatoms. The summed E-state index contributed by atoms with van der Waals surface area (Å²) in [7, 11) is 0. The summed E-state index contributed by atoms with van der Waals surface area (Å²) < 4.78 is 6.47. The average molecular weight is 536 g/mol. The van der Waals surface area contributed by atoms with E-state index in [0.717, 1.165) is 31.1 Å². The maximum atomic E-state index is 13.4. The molecule has 8 unspecified atom stereocenters. The van der Waals surface area contributed by atoms with E-state index < -0.39 is 0 Å². The van der Waals surface area contributed by atoms with Gasteiger partial charge < -0.3 is 10.1 Å². The first-order valence-electron chi connectivity index (χ1n) is 16.8. The monoisotopic (exact) mass is 535 g/mol. The van der Waals surface area contributed by atoms with Crippen molar-refractivity contribution in [3.05, 3.63) is 22.8 Å². The van der Waals surface area contributed by atoms with Gasteiger partial charge in [-0.15, -0.1) is 0 Å². The molecule has 0 aromatic heterocycles. The summed E-state index contributed by atoms with van der Waals surface area (Å²) in [5, 5.41) is 3.69. The van der Waals surface area contributed by atoms with E-state index in [1.165, 1.54) is 82.6 Å². The van der Waals surface area contributed by atoms with Crippen LogP contribution in [0.2, 0.25) is 0 Å². The Morgan fingerprint density at radius 3 is 2.41 bits per heavy atom. The number of carbonyl (C=O) groups is 1. The summed E-state index contributed by atoms with van der Waals surface area (Å²) in [6, 6.07) is 1.08. The molecule has 2 saturated heterocycles. The van der Waals surface area contributed by atoms with E-state index in [2.05, 4.69) is 52.9 Å². The van der Waals surface area contributed by atoms with Crippen molar-refractivity contribution in [3.63, 3.8) is 0 Å². The molecule has 8 atom stereocenters. The van der Waals surface area contributed by atoms with Crippen LogP contribution in [-0.2, 0) is 9.53 Å². The molecule has 3 nitrogen and oxygen atoms in total. The van der Waals surface area contributed by atoms with E-state index in [1.54, 1.807) is 0 Å². The number of allylic oxidation sites excluding steroid dienone is 4. The second-order valence-electron chi connectivity index (χ2n) is 16.1. The van der Waals surface area contributed by atoms with E-state index in [9.17, 15) is 4.79 Å². The lowest BCUT2D eigenvalue weighted by atomic mass is 9.46. The minimum absolute atomic E-state index is 0.0387. The predicted molar refractivity (Wildman–Crippen MR) is 160 cm³/mol. The first kappa shape index (κ1) is 28.0. The van der Waals surface area contributed by atoms with Crippen molar-refractivity contribution >= 4 is 5.97 Å². The molecule has 6 aliphatic rings. The molecule has 0 aromatic carbocycles. The van der Waals surface area contributed by atoms with Crippen LogP contribution in [0.25, 0.3) is 0 Å². The van der Waals surface area contributed by atoms with Gasteiger partial charge in [0.05, 0.1) is 5.92 Å². The Hall–Kier alpha value is -1.09. The van der Waals surface area contributed by atoms with Crippen LogP contribution in [0.15, 0.2) is 22.8 Å². The summed E-state index contributed by atoms with van der Waals surface area (Å²) in [4.78, 5) is 13.4. The molecule has 2 saturated carbocycles. The third kappa shape index (κ3) is 4.79. The van der Waals surface area contributed by atoms with Gasteiger partial charge in [-0.05, 0) is 139 Å². The van der Waals surface area contributed by atoms with Gasteiger partial charge in [-0.1, -0.05) is 50.5 Å². The van der Waals surface area contributed by atoms with Crippen LogP contribution < -0.4 is 5.32 Å². The highest BCUT2D eigenvalue weighted by Crippen LogP contribution is 2.67. The molecule has 2 aliphatic heterocycles. The normalized spacial score (nSPS) is 44.3. The smallest absolute Gasteiger partial charge is 0.309 e. The highest BCUT2D eigenvalue weighted by atomic mass is 16.5. The topological polar surface area (TPSA) is 38.3 Å². The first-order chi connectivity index (χ1) is 18.5. The van der Waals surface area contributed by atoms with E-state index in [-0.39, 0.29) is 28.8 Å². The molecular weight excluding hydrogens is 478 g/mol. The fourth-order valence-corrected chi connectivity index (χ4v) is 11.3. The van der Waals surface area contributed by atoms with E-state index in [1.807, 2.05) is 11.1 Å². The van der Waals surface area contributed by atoms with Crippen molar-refractivity contribution < 1.29 is 9.53 Å². The third-order valence-corrected chi connectivity index (χ3v) is 13.4. The van der Waals surface area contributed by atoms with Gasteiger partial charge in [-0.25, -0.2) is 0 Å². The van der Waals surface area contributed by atoms with Crippen molar-refractivity contribution in [2.75, 3.05) is 0 Å². The predicted octanol–water partition coefficient (Wildman–Crippen LogP) is 8.92. The molecular formula is C36H57NO2. The summed E-state index contributed by atoms with van der Waals surface area (Å²) in [6.07, 6.45) is 21.4. The molecule has 1 N–H and O–H groups in total. The van der Waals surface area contributed by atoms with Crippen molar-refractivity contribution in [3.8, 4) is 0 Å². The quantitative estimate of drug-likeness (QED) is 0.210. The standard InChI is InChI=1S/C36H57NO2/c1-23(2)9-7-8-10-25-11-15-29-28-14-16-31-34(3,4)32(18-20-36(31,6)30(28)17-19-35(25,29)5)39-33(38)24-21-26-12-13-27(22-24)37-26/h9,24-27,29,31-32,37H,7-8,10-22H2,1-6H3. The Bertz CT molecular complexity index is 1010. The van der Waals surface area contributed by atoms with E-state index in [4.69, 9.17) is 4.74 Å². The Morgan fingerprint density at radius 2 is 1.69 bits per heavy atom. The number of fused-ring (bicyclic) bond motifs is 6. The zero-order valence-corrected chi connectivity index (χ0v) is 26.0. The number of esters is 1. The van der Waals surface area contributed by atoms with Crippen molar-refractivity contribution in [2.24, 2.45) is 39.9 Å². The minimum atomic E-state index is 0.0387.